The summed E-state index contributed by atoms with van der Waals surface area (Å²) in [4.78, 5) is 4.44. The Morgan fingerprint density at radius 1 is 0.523 bits per heavy atom. The summed E-state index contributed by atoms with van der Waals surface area (Å²) in [5.41, 5.74) is 15.3. The van der Waals surface area contributed by atoms with E-state index in [-0.39, 0.29) is 0 Å². The third-order valence-electron chi connectivity index (χ3n) is 9.90. The predicted octanol–water partition coefficient (Wildman–Crippen LogP) is 10.9. The Kier molecular flexibility index (Phi) is 4.92. The molecule has 0 saturated carbocycles. The van der Waals surface area contributed by atoms with Gasteiger partial charge in [-0.2, -0.15) is 0 Å². The Balaban J connectivity index is 1.27. The van der Waals surface area contributed by atoms with Crippen LogP contribution in [0.25, 0.3) is 71.3 Å². The Hall–Kier alpha value is -5.47. The van der Waals surface area contributed by atoms with Crippen molar-refractivity contribution < 1.29 is 4.42 Å². The van der Waals surface area contributed by atoms with E-state index in [1.54, 1.807) is 5.57 Å². The molecule has 2 aliphatic carbocycles. The van der Waals surface area contributed by atoms with Crippen molar-refractivity contribution in [2.75, 3.05) is 0 Å². The van der Waals surface area contributed by atoms with Crippen LogP contribution in [0.1, 0.15) is 28.7 Å². The van der Waals surface area contributed by atoms with Crippen LogP contribution < -0.4 is 0 Å². The van der Waals surface area contributed by atoms with E-state index in [1.807, 2.05) is 12.3 Å². The first-order valence-electron chi connectivity index (χ1n) is 15.5. The van der Waals surface area contributed by atoms with E-state index < -0.39 is 0 Å². The molecule has 0 atom stereocenters. The lowest BCUT2D eigenvalue weighted by Gasteiger charge is -2.20. The maximum atomic E-state index is 6.57. The number of fused-ring (bicyclic) bond motifs is 9. The number of nitrogens with zero attached hydrogens (tertiary/aromatic N) is 1. The fourth-order valence-corrected chi connectivity index (χ4v) is 8.01. The van der Waals surface area contributed by atoms with Gasteiger partial charge in [0.15, 0.2) is 0 Å². The van der Waals surface area contributed by atoms with Gasteiger partial charge < -0.3 is 4.42 Å². The molecule has 0 fully saturated rings. The van der Waals surface area contributed by atoms with Gasteiger partial charge in [0.25, 0.3) is 0 Å². The maximum Gasteiger partial charge on any atom is 0.143 e. The van der Waals surface area contributed by atoms with Gasteiger partial charge in [-0.1, -0.05) is 103 Å². The van der Waals surface area contributed by atoms with Gasteiger partial charge in [0.1, 0.15) is 11.2 Å². The lowest BCUT2D eigenvalue weighted by molar-refractivity contribution is 0.670. The van der Waals surface area contributed by atoms with E-state index in [9.17, 15) is 0 Å². The fourth-order valence-electron chi connectivity index (χ4n) is 8.01. The van der Waals surface area contributed by atoms with Gasteiger partial charge in [-0.25, -0.2) is 0 Å². The summed E-state index contributed by atoms with van der Waals surface area (Å²) in [6, 6.07) is 42.1. The molecule has 2 aromatic heterocycles. The molecule has 2 aliphatic rings. The fraction of sp³-hybridized carbons (Fsp3) is 0.0714. The smallest absolute Gasteiger partial charge is 0.143 e. The van der Waals surface area contributed by atoms with Crippen LogP contribution in [0.2, 0.25) is 0 Å². The van der Waals surface area contributed by atoms with Crippen molar-refractivity contribution in [3.05, 3.63) is 155 Å². The number of aromatic nitrogens is 1. The Morgan fingerprint density at radius 3 is 2.02 bits per heavy atom. The second-order valence-electron chi connectivity index (χ2n) is 12.2. The predicted molar refractivity (Wildman–Crippen MR) is 182 cm³/mol. The third kappa shape index (κ3) is 3.28. The largest absolute Gasteiger partial charge is 0.455 e. The first-order chi connectivity index (χ1) is 21.8. The van der Waals surface area contributed by atoms with Crippen LogP contribution in [0.3, 0.4) is 0 Å². The van der Waals surface area contributed by atoms with Gasteiger partial charge in [0, 0.05) is 34.3 Å². The van der Waals surface area contributed by atoms with Crippen LogP contribution in [0.5, 0.6) is 0 Å². The quantitative estimate of drug-likeness (QED) is 0.196. The highest BCUT2D eigenvalue weighted by Crippen LogP contribution is 2.49. The highest BCUT2D eigenvalue weighted by Gasteiger charge is 2.28. The number of benzene rings is 6. The summed E-state index contributed by atoms with van der Waals surface area (Å²) in [5.74, 6) is 0. The molecule has 10 rings (SSSR count). The van der Waals surface area contributed by atoms with Crippen molar-refractivity contribution in [1.82, 2.24) is 4.98 Å². The number of hydrogen-bond donors (Lipinski definition) is 0. The number of rotatable bonds is 2. The molecule has 0 N–H and O–H groups in total. The molecule has 0 amide bonds. The second kappa shape index (κ2) is 9.02. The first kappa shape index (κ1) is 24.0. The molecular weight excluding hydrogens is 534 g/mol. The van der Waals surface area contributed by atoms with Crippen LogP contribution in [0, 0.1) is 0 Å². The lowest BCUT2D eigenvalue weighted by atomic mass is 9.84. The number of aryl methyl sites for hydroxylation is 1. The SMILES string of the molecule is c1ccc2c(c1)oc1c(-c3c4ccccc4c(-c4ccc5c(c4)C4=C(CCc6cnccc64)C5)c4ccccc34)cccc12. The van der Waals surface area contributed by atoms with Gasteiger partial charge in [0.2, 0.25) is 0 Å². The van der Waals surface area contributed by atoms with Gasteiger partial charge >= 0.3 is 0 Å². The van der Waals surface area contributed by atoms with E-state index in [1.165, 1.54) is 66.1 Å². The van der Waals surface area contributed by atoms with Crippen LogP contribution >= 0.6 is 0 Å². The van der Waals surface area contributed by atoms with Gasteiger partial charge in [-0.05, 0) is 98.0 Å². The standard InChI is InChI=1S/C42H27NO/c1-3-11-33-31(9-1)40(27-17-16-25-22-26-18-19-28-24-43-21-20-29(28)39(26)37(25)23-27)32-10-2-4-12-34(32)41(33)36-14-7-13-35-30-8-5-6-15-38(30)44-42(35)36/h1-17,20-21,23-24H,18-19,22H2. The molecule has 206 valence electrons. The first-order valence-corrected chi connectivity index (χ1v) is 15.5. The van der Waals surface area contributed by atoms with Crippen molar-refractivity contribution in [3.8, 4) is 22.3 Å². The Labute approximate surface area is 254 Å². The van der Waals surface area contributed by atoms with E-state index in [4.69, 9.17) is 4.42 Å². The molecule has 2 heteroatoms. The minimum absolute atomic E-state index is 0.923. The van der Waals surface area contributed by atoms with Crippen molar-refractivity contribution in [2.45, 2.75) is 19.3 Å². The van der Waals surface area contributed by atoms with Crippen LogP contribution in [0.15, 0.2) is 138 Å². The number of furan rings is 1. The molecule has 2 nitrogen and oxygen atoms in total. The number of para-hydroxylation sites is 2. The van der Waals surface area contributed by atoms with E-state index >= 15 is 0 Å². The average Bonchev–Trinajstić information content (AvgIpc) is 3.66. The summed E-state index contributed by atoms with van der Waals surface area (Å²) in [5, 5.41) is 7.30. The second-order valence-corrected chi connectivity index (χ2v) is 12.2. The maximum absolute atomic E-state index is 6.57. The minimum Gasteiger partial charge on any atom is -0.455 e. The number of pyridine rings is 1. The van der Waals surface area contributed by atoms with Crippen molar-refractivity contribution in [3.63, 3.8) is 0 Å². The summed E-state index contributed by atoms with van der Waals surface area (Å²) in [7, 11) is 0. The highest BCUT2D eigenvalue weighted by molar-refractivity contribution is 6.24. The van der Waals surface area contributed by atoms with Crippen LogP contribution in [-0.2, 0) is 12.8 Å². The van der Waals surface area contributed by atoms with Crippen molar-refractivity contribution in [1.29, 1.82) is 0 Å². The monoisotopic (exact) mass is 561 g/mol. The summed E-state index contributed by atoms with van der Waals surface area (Å²) >= 11 is 0. The van der Waals surface area contributed by atoms with E-state index in [0.717, 1.165) is 46.8 Å². The molecule has 0 radical (unpaired) electrons. The molecule has 0 bridgehead atoms. The number of allylic oxidation sites excluding steroid dienone is 1. The topological polar surface area (TPSA) is 26.0 Å². The normalized spacial score (nSPS) is 14.0. The molecule has 0 aliphatic heterocycles. The van der Waals surface area contributed by atoms with Crippen molar-refractivity contribution >= 4 is 49.1 Å². The highest BCUT2D eigenvalue weighted by atomic mass is 16.3. The molecule has 0 unspecified atom stereocenters. The number of hydrogen-bond acceptors (Lipinski definition) is 2. The molecule has 44 heavy (non-hydrogen) atoms. The zero-order chi connectivity index (χ0) is 28.8. The van der Waals surface area contributed by atoms with Gasteiger partial charge in [-0.3, -0.25) is 4.98 Å². The average molecular weight is 562 g/mol. The molecule has 0 saturated heterocycles. The van der Waals surface area contributed by atoms with E-state index in [0.29, 0.717) is 0 Å². The zero-order valence-electron chi connectivity index (χ0n) is 24.1. The Bertz CT molecular complexity index is 2470. The van der Waals surface area contributed by atoms with E-state index in [2.05, 4.69) is 120 Å². The molecule has 0 spiro atoms. The lowest BCUT2D eigenvalue weighted by Crippen LogP contribution is -2.03. The molecule has 6 aromatic carbocycles. The molecular formula is C42H27NO. The third-order valence-corrected chi connectivity index (χ3v) is 9.90. The van der Waals surface area contributed by atoms with Crippen LogP contribution in [0.4, 0.5) is 0 Å². The van der Waals surface area contributed by atoms with Gasteiger partial charge in [-0.15, -0.1) is 0 Å². The van der Waals surface area contributed by atoms with Crippen LogP contribution in [-0.4, -0.2) is 4.98 Å². The van der Waals surface area contributed by atoms with Gasteiger partial charge in [0.05, 0.1) is 0 Å². The minimum atomic E-state index is 0.923. The molecule has 2 heterocycles. The van der Waals surface area contributed by atoms with Crippen molar-refractivity contribution in [2.24, 2.45) is 0 Å². The summed E-state index contributed by atoms with van der Waals surface area (Å²) in [6.45, 7) is 0. The summed E-state index contributed by atoms with van der Waals surface area (Å²) < 4.78 is 6.57. The summed E-state index contributed by atoms with van der Waals surface area (Å²) in [6.07, 6.45) is 7.25. The Morgan fingerprint density at radius 2 is 1.23 bits per heavy atom. The zero-order valence-corrected chi connectivity index (χ0v) is 24.1. The molecule has 8 aromatic rings.